The summed E-state index contributed by atoms with van der Waals surface area (Å²) in [4.78, 5) is 24.3. The molecule has 0 fully saturated rings. The molecule has 0 aliphatic heterocycles. The highest BCUT2D eigenvalue weighted by Crippen LogP contribution is 2.09. The van der Waals surface area contributed by atoms with Crippen molar-refractivity contribution in [3.05, 3.63) is 0 Å². The summed E-state index contributed by atoms with van der Waals surface area (Å²) in [7, 11) is 1.60. The predicted molar refractivity (Wildman–Crippen MR) is 64.4 cm³/mol. The minimum Gasteiger partial charge on any atom is -0.460 e. The van der Waals surface area contributed by atoms with Crippen LogP contribution in [0.4, 0.5) is 0 Å². The van der Waals surface area contributed by atoms with Gasteiger partial charge in [0.2, 0.25) is 5.91 Å². The number of amides is 1. The molecule has 0 aromatic heterocycles. The van der Waals surface area contributed by atoms with Crippen molar-refractivity contribution in [2.24, 2.45) is 0 Å². The highest BCUT2D eigenvalue weighted by Gasteiger charge is 2.18. The Bertz CT molecular complexity index is 268. The Kier molecular flexibility index (Phi) is 6.16. The summed E-state index contributed by atoms with van der Waals surface area (Å²) in [6.07, 6.45) is -0.385. The molecule has 0 bridgehead atoms. The number of carbonyl (C=O) groups excluding carboxylic acids is 2. The van der Waals surface area contributed by atoms with Crippen molar-refractivity contribution in [3.63, 3.8) is 0 Å². The molecule has 5 nitrogen and oxygen atoms in total. The van der Waals surface area contributed by atoms with E-state index in [0.717, 1.165) is 0 Å². The summed E-state index contributed by atoms with van der Waals surface area (Å²) in [5.74, 6) is -0.548. The van der Waals surface area contributed by atoms with E-state index >= 15 is 0 Å². The van der Waals surface area contributed by atoms with Gasteiger partial charge in [0.05, 0.1) is 12.5 Å². The molecular formula is C12H23NO4. The maximum absolute atomic E-state index is 11.6. The second-order valence-electron chi connectivity index (χ2n) is 5.21. The number of carbonyl (C=O) groups is 2. The standard InChI is InChI=1S/C12H23NO4/c1-9(14)8-13(5)10(15)6-7-11(16)17-12(2,3)4/h9,14H,6-8H2,1-5H3. The molecule has 0 aromatic rings. The summed E-state index contributed by atoms with van der Waals surface area (Å²) in [5.41, 5.74) is -0.522. The largest absolute Gasteiger partial charge is 0.460 e. The number of hydrogen-bond acceptors (Lipinski definition) is 4. The molecule has 1 unspecified atom stereocenters. The first-order chi connectivity index (χ1) is 7.61. The molecule has 0 aliphatic carbocycles. The molecule has 1 atom stereocenters. The molecule has 0 aliphatic rings. The van der Waals surface area contributed by atoms with Gasteiger partial charge in [0.1, 0.15) is 5.60 Å². The SMILES string of the molecule is CC(O)CN(C)C(=O)CCC(=O)OC(C)(C)C. The molecule has 0 aromatic carbocycles. The van der Waals surface area contributed by atoms with Crippen molar-refractivity contribution < 1.29 is 19.4 Å². The van der Waals surface area contributed by atoms with Crippen molar-refractivity contribution in [2.45, 2.75) is 52.2 Å². The number of hydrogen-bond donors (Lipinski definition) is 1. The fourth-order valence-electron chi connectivity index (χ4n) is 1.29. The maximum Gasteiger partial charge on any atom is 0.306 e. The van der Waals surface area contributed by atoms with Crippen LogP contribution in [-0.2, 0) is 14.3 Å². The lowest BCUT2D eigenvalue weighted by Crippen LogP contribution is -2.33. The Balaban J connectivity index is 3.96. The highest BCUT2D eigenvalue weighted by atomic mass is 16.6. The van der Waals surface area contributed by atoms with Gasteiger partial charge < -0.3 is 14.7 Å². The molecule has 5 heteroatoms. The number of likely N-dealkylation sites (N-methyl/N-ethyl adjacent to an activating group) is 1. The molecule has 1 N–H and O–H groups in total. The number of nitrogens with zero attached hydrogens (tertiary/aromatic N) is 1. The third kappa shape index (κ3) is 8.68. The lowest BCUT2D eigenvalue weighted by atomic mass is 10.2. The van der Waals surface area contributed by atoms with Crippen molar-refractivity contribution in [1.29, 1.82) is 0 Å². The normalized spacial score (nSPS) is 13.1. The van der Waals surface area contributed by atoms with E-state index in [-0.39, 0.29) is 31.3 Å². The monoisotopic (exact) mass is 245 g/mol. The molecule has 0 saturated carbocycles. The van der Waals surface area contributed by atoms with Crippen LogP contribution >= 0.6 is 0 Å². The van der Waals surface area contributed by atoms with Gasteiger partial charge in [0.25, 0.3) is 0 Å². The number of ether oxygens (including phenoxy) is 1. The molecule has 0 saturated heterocycles. The van der Waals surface area contributed by atoms with Crippen LogP contribution < -0.4 is 0 Å². The zero-order chi connectivity index (χ0) is 13.6. The van der Waals surface area contributed by atoms with E-state index in [1.807, 2.05) is 0 Å². The van der Waals surface area contributed by atoms with Gasteiger partial charge in [-0.25, -0.2) is 0 Å². The second-order valence-corrected chi connectivity index (χ2v) is 5.21. The van der Waals surface area contributed by atoms with Gasteiger partial charge in [-0.2, -0.15) is 0 Å². The molecule has 0 spiro atoms. The van der Waals surface area contributed by atoms with E-state index < -0.39 is 11.7 Å². The van der Waals surface area contributed by atoms with Crippen LogP contribution in [0.15, 0.2) is 0 Å². The molecule has 0 rings (SSSR count). The van der Waals surface area contributed by atoms with Crippen molar-refractivity contribution in [2.75, 3.05) is 13.6 Å². The Hall–Kier alpha value is -1.10. The van der Waals surface area contributed by atoms with Crippen LogP contribution in [0.2, 0.25) is 0 Å². The predicted octanol–water partition coefficient (Wildman–Crippen LogP) is 0.947. The average Bonchev–Trinajstić information content (AvgIpc) is 2.10. The fraction of sp³-hybridized carbons (Fsp3) is 0.833. The Morgan fingerprint density at radius 2 is 1.82 bits per heavy atom. The molecule has 0 heterocycles. The number of aliphatic hydroxyl groups is 1. The highest BCUT2D eigenvalue weighted by molar-refractivity contribution is 5.81. The quantitative estimate of drug-likeness (QED) is 0.732. The average molecular weight is 245 g/mol. The molecule has 0 radical (unpaired) electrons. The topological polar surface area (TPSA) is 66.8 Å². The molecule has 1 amide bonds. The Morgan fingerprint density at radius 1 is 1.29 bits per heavy atom. The summed E-state index contributed by atoms with van der Waals surface area (Å²) >= 11 is 0. The van der Waals surface area contributed by atoms with Gasteiger partial charge >= 0.3 is 5.97 Å². The molecular weight excluding hydrogens is 222 g/mol. The lowest BCUT2D eigenvalue weighted by Gasteiger charge is -2.21. The maximum atomic E-state index is 11.6. The first-order valence-corrected chi connectivity index (χ1v) is 5.75. The smallest absolute Gasteiger partial charge is 0.306 e. The first-order valence-electron chi connectivity index (χ1n) is 5.75. The molecule has 100 valence electrons. The van der Waals surface area contributed by atoms with Crippen LogP contribution in [0.25, 0.3) is 0 Å². The molecule has 17 heavy (non-hydrogen) atoms. The third-order valence-corrected chi connectivity index (χ3v) is 1.93. The van der Waals surface area contributed by atoms with E-state index in [1.54, 1.807) is 34.7 Å². The van der Waals surface area contributed by atoms with E-state index in [0.29, 0.717) is 0 Å². The van der Waals surface area contributed by atoms with Gasteiger partial charge in [-0.1, -0.05) is 0 Å². The zero-order valence-electron chi connectivity index (χ0n) is 11.3. The first kappa shape index (κ1) is 15.9. The van der Waals surface area contributed by atoms with E-state index in [2.05, 4.69) is 0 Å². The van der Waals surface area contributed by atoms with Crippen molar-refractivity contribution >= 4 is 11.9 Å². The van der Waals surface area contributed by atoms with Crippen molar-refractivity contribution in [1.82, 2.24) is 4.90 Å². The number of aliphatic hydroxyl groups excluding tert-OH is 1. The zero-order valence-corrected chi connectivity index (χ0v) is 11.3. The Morgan fingerprint density at radius 3 is 2.24 bits per heavy atom. The van der Waals surface area contributed by atoms with Gasteiger partial charge in [-0.3, -0.25) is 9.59 Å². The van der Waals surface area contributed by atoms with E-state index in [1.165, 1.54) is 4.90 Å². The summed E-state index contributed by atoms with van der Waals surface area (Å²) in [5, 5.41) is 9.12. The van der Waals surface area contributed by atoms with Gasteiger partial charge in [-0.05, 0) is 27.7 Å². The summed E-state index contributed by atoms with van der Waals surface area (Å²) in [6.45, 7) is 7.23. The Labute approximate surface area is 103 Å². The second kappa shape index (κ2) is 6.59. The van der Waals surface area contributed by atoms with Gasteiger partial charge in [0.15, 0.2) is 0 Å². The minimum atomic E-state index is -0.564. The van der Waals surface area contributed by atoms with Crippen molar-refractivity contribution in [3.8, 4) is 0 Å². The van der Waals surface area contributed by atoms with E-state index in [4.69, 9.17) is 9.84 Å². The van der Waals surface area contributed by atoms with Crippen LogP contribution in [0, 0.1) is 0 Å². The minimum absolute atomic E-state index is 0.0697. The fourth-order valence-corrected chi connectivity index (χ4v) is 1.29. The number of rotatable bonds is 5. The van der Waals surface area contributed by atoms with Gasteiger partial charge in [0, 0.05) is 20.0 Å². The van der Waals surface area contributed by atoms with Gasteiger partial charge in [-0.15, -0.1) is 0 Å². The number of esters is 1. The van der Waals surface area contributed by atoms with Crippen LogP contribution in [0.3, 0.4) is 0 Å². The van der Waals surface area contributed by atoms with Crippen LogP contribution in [-0.4, -0.2) is 47.2 Å². The third-order valence-electron chi connectivity index (χ3n) is 1.93. The lowest BCUT2D eigenvalue weighted by molar-refractivity contribution is -0.156. The summed E-state index contributed by atoms with van der Waals surface area (Å²) < 4.78 is 5.09. The van der Waals surface area contributed by atoms with E-state index in [9.17, 15) is 9.59 Å². The van der Waals surface area contributed by atoms with Crippen LogP contribution in [0.1, 0.15) is 40.5 Å². The van der Waals surface area contributed by atoms with Crippen LogP contribution in [0.5, 0.6) is 0 Å². The summed E-state index contributed by atoms with van der Waals surface area (Å²) in [6, 6.07) is 0.